The zero-order valence-electron chi connectivity index (χ0n) is 26.7. The summed E-state index contributed by atoms with van der Waals surface area (Å²) in [7, 11) is 0. The van der Waals surface area contributed by atoms with Gasteiger partial charge in [0, 0.05) is 33.0 Å². The Hall–Kier alpha value is -7.39. The second kappa shape index (κ2) is 11.4. The van der Waals surface area contributed by atoms with Crippen molar-refractivity contribution in [2.45, 2.75) is 0 Å². The number of fused-ring (bicyclic) bond motifs is 6. The molecule has 0 saturated heterocycles. The molecule has 5 nitrogen and oxygen atoms in total. The summed E-state index contributed by atoms with van der Waals surface area (Å²) in [5.74, 6) is 0. The van der Waals surface area contributed by atoms with Gasteiger partial charge in [-0.1, -0.05) is 97.1 Å². The summed E-state index contributed by atoms with van der Waals surface area (Å²) >= 11 is 0. The lowest BCUT2D eigenvalue weighted by Crippen LogP contribution is -1.98. The van der Waals surface area contributed by atoms with Crippen LogP contribution in [0.1, 0.15) is 11.1 Å². The number of benzene rings is 7. The van der Waals surface area contributed by atoms with Gasteiger partial charge in [0.05, 0.1) is 57.6 Å². The van der Waals surface area contributed by atoms with Crippen LogP contribution in [0.4, 0.5) is 5.69 Å². The topological polar surface area (TPSA) is 61.8 Å². The molecule has 9 rings (SSSR count). The van der Waals surface area contributed by atoms with Gasteiger partial charge in [0.15, 0.2) is 0 Å². The number of hydrogen-bond donors (Lipinski definition) is 0. The zero-order valence-corrected chi connectivity index (χ0v) is 26.7. The Balaban J connectivity index is 1.17. The standard InChI is InChI=1S/C45H25N5/c1-48-40-13-8-12-38-39-25-29(27-46)17-24-44(39)50(45(38)40)43-16-7-2-9-35(43)34-23-20-31(26-32(34)28-47)30-18-21-33(22-19-30)49-41-14-5-3-10-36(41)37-11-4-6-15-42(37)49/h2-26H. The summed E-state index contributed by atoms with van der Waals surface area (Å²) in [5.41, 5.74) is 11.2. The average molecular weight is 636 g/mol. The average Bonchev–Trinajstić information content (AvgIpc) is 3.70. The highest BCUT2D eigenvalue weighted by Gasteiger charge is 2.20. The van der Waals surface area contributed by atoms with E-state index in [0.717, 1.165) is 66.5 Å². The van der Waals surface area contributed by atoms with E-state index >= 15 is 0 Å². The Labute approximate surface area is 288 Å². The highest BCUT2D eigenvalue weighted by Crippen LogP contribution is 2.41. The summed E-state index contributed by atoms with van der Waals surface area (Å²) in [5, 5.41) is 24.4. The van der Waals surface area contributed by atoms with Crippen LogP contribution in [-0.4, -0.2) is 9.13 Å². The molecule has 50 heavy (non-hydrogen) atoms. The van der Waals surface area contributed by atoms with Crippen molar-refractivity contribution < 1.29 is 0 Å². The lowest BCUT2D eigenvalue weighted by atomic mass is 9.94. The maximum atomic E-state index is 10.5. The number of aromatic nitrogens is 2. The van der Waals surface area contributed by atoms with Crippen molar-refractivity contribution in [2.24, 2.45) is 0 Å². The summed E-state index contributed by atoms with van der Waals surface area (Å²) in [6.07, 6.45) is 0. The molecule has 0 unspecified atom stereocenters. The van der Waals surface area contributed by atoms with Crippen LogP contribution in [0.25, 0.3) is 82.1 Å². The van der Waals surface area contributed by atoms with E-state index in [9.17, 15) is 10.5 Å². The van der Waals surface area contributed by atoms with Gasteiger partial charge in [-0.3, -0.25) is 0 Å². The van der Waals surface area contributed by atoms with Gasteiger partial charge in [-0.15, -0.1) is 0 Å². The van der Waals surface area contributed by atoms with Crippen LogP contribution in [0.2, 0.25) is 0 Å². The summed E-state index contributed by atoms with van der Waals surface area (Å²) in [4.78, 5) is 3.87. The molecule has 0 amide bonds. The Bertz CT molecular complexity index is 2900. The van der Waals surface area contributed by atoms with Crippen LogP contribution in [0.15, 0.2) is 152 Å². The Morgan fingerprint density at radius 3 is 1.88 bits per heavy atom. The quantitative estimate of drug-likeness (QED) is 0.181. The molecule has 9 aromatic rings. The highest BCUT2D eigenvalue weighted by molar-refractivity contribution is 6.14. The van der Waals surface area contributed by atoms with Crippen LogP contribution in [-0.2, 0) is 0 Å². The third-order valence-electron chi connectivity index (χ3n) is 9.63. The van der Waals surface area contributed by atoms with Crippen molar-refractivity contribution in [3.63, 3.8) is 0 Å². The fourth-order valence-electron chi connectivity index (χ4n) is 7.41. The van der Waals surface area contributed by atoms with Crippen LogP contribution in [0.5, 0.6) is 0 Å². The first-order valence-electron chi connectivity index (χ1n) is 16.3. The minimum absolute atomic E-state index is 0.521. The molecule has 0 bridgehead atoms. The Morgan fingerprint density at radius 2 is 1.16 bits per heavy atom. The number of hydrogen-bond acceptors (Lipinski definition) is 2. The van der Waals surface area contributed by atoms with E-state index in [2.05, 4.69) is 105 Å². The van der Waals surface area contributed by atoms with Crippen molar-refractivity contribution >= 4 is 49.3 Å². The maximum Gasteiger partial charge on any atom is 0.211 e. The first kappa shape index (κ1) is 28.8. The summed E-state index contributed by atoms with van der Waals surface area (Å²) in [6.45, 7) is 7.96. The van der Waals surface area contributed by atoms with Gasteiger partial charge < -0.3 is 9.13 Å². The minimum Gasteiger partial charge on any atom is -0.318 e. The van der Waals surface area contributed by atoms with E-state index in [1.807, 2.05) is 66.7 Å². The number of rotatable bonds is 4. The molecular weight excluding hydrogens is 611 g/mol. The molecule has 0 atom stereocenters. The molecule has 0 saturated carbocycles. The van der Waals surface area contributed by atoms with E-state index in [1.54, 1.807) is 6.07 Å². The van der Waals surface area contributed by atoms with Crippen molar-refractivity contribution in [1.82, 2.24) is 9.13 Å². The molecule has 0 aliphatic heterocycles. The predicted octanol–water partition coefficient (Wildman–Crippen LogP) is 11.5. The molecular formula is C45H25N5. The summed E-state index contributed by atoms with van der Waals surface area (Å²) < 4.78 is 4.39. The molecule has 230 valence electrons. The SMILES string of the molecule is [C-]#[N+]c1cccc2c3cc(C#N)ccc3n(-c3ccccc3-c3ccc(-c4ccc(-n5c6ccccc6c6ccccc65)cc4)cc3C#N)c12. The molecule has 7 aromatic carbocycles. The number of nitrogens with zero attached hydrogens (tertiary/aromatic N) is 5. The number of para-hydroxylation sites is 4. The van der Waals surface area contributed by atoms with Crippen molar-refractivity contribution in [3.8, 4) is 45.8 Å². The van der Waals surface area contributed by atoms with Crippen LogP contribution in [0.3, 0.4) is 0 Å². The minimum atomic E-state index is 0.521. The van der Waals surface area contributed by atoms with Gasteiger partial charge in [-0.25, -0.2) is 4.85 Å². The van der Waals surface area contributed by atoms with Crippen molar-refractivity contribution in [3.05, 3.63) is 174 Å². The molecule has 5 heteroatoms. The molecule has 0 spiro atoms. The maximum absolute atomic E-state index is 10.5. The van der Waals surface area contributed by atoms with Gasteiger partial charge in [0.25, 0.3) is 0 Å². The van der Waals surface area contributed by atoms with E-state index in [1.165, 1.54) is 10.8 Å². The van der Waals surface area contributed by atoms with Crippen molar-refractivity contribution in [2.75, 3.05) is 0 Å². The largest absolute Gasteiger partial charge is 0.318 e. The van der Waals surface area contributed by atoms with E-state index in [0.29, 0.717) is 16.8 Å². The third kappa shape index (κ3) is 4.31. The molecule has 0 N–H and O–H groups in total. The monoisotopic (exact) mass is 635 g/mol. The van der Waals surface area contributed by atoms with Gasteiger partial charge in [0.1, 0.15) is 0 Å². The van der Waals surface area contributed by atoms with Crippen LogP contribution < -0.4 is 0 Å². The van der Waals surface area contributed by atoms with Gasteiger partial charge >= 0.3 is 0 Å². The first-order chi connectivity index (χ1) is 24.7. The third-order valence-corrected chi connectivity index (χ3v) is 9.63. The molecule has 2 heterocycles. The van der Waals surface area contributed by atoms with Gasteiger partial charge in [-0.2, -0.15) is 10.5 Å². The first-order valence-corrected chi connectivity index (χ1v) is 16.3. The van der Waals surface area contributed by atoms with Gasteiger partial charge in [0.2, 0.25) is 5.69 Å². The van der Waals surface area contributed by atoms with E-state index < -0.39 is 0 Å². The van der Waals surface area contributed by atoms with E-state index in [4.69, 9.17) is 6.57 Å². The highest BCUT2D eigenvalue weighted by atomic mass is 15.0. The molecule has 0 aliphatic carbocycles. The Kier molecular flexibility index (Phi) is 6.56. The zero-order chi connectivity index (χ0) is 33.8. The fourth-order valence-corrected chi connectivity index (χ4v) is 7.41. The molecule has 2 aromatic heterocycles. The molecule has 0 radical (unpaired) electrons. The second-order valence-electron chi connectivity index (χ2n) is 12.3. The second-order valence-corrected chi connectivity index (χ2v) is 12.3. The number of nitriles is 2. The normalized spacial score (nSPS) is 11.1. The smallest absolute Gasteiger partial charge is 0.211 e. The molecule has 0 aliphatic rings. The Morgan fingerprint density at radius 1 is 0.500 bits per heavy atom. The lowest BCUT2D eigenvalue weighted by Gasteiger charge is -2.16. The molecule has 0 fully saturated rings. The fraction of sp³-hybridized carbons (Fsp3) is 0. The lowest BCUT2D eigenvalue weighted by molar-refractivity contribution is 1.18. The van der Waals surface area contributed by atoms with Crippen molar-refractivity contribution in [1.29, 1.82) is 10.5 Å². The predicted molar refractivity (Wildman–Crippen MR) is 202 cm³/mol. The van der Waals surface area contributed by atoms with Crippen LogP contribution >= 0.6 is 0 Å². The van der Waals surface area contributed by atoms with E-state index in [-0.39, 0.29) is 0 Å². The van der Waals surface area contributed by atoms with Crippen LogP contribution in [0, 0.1) is 29.2 Å². The summed E-state index contributed by atoms with van der Waals surface area (Å²) in [6, 6.07) is 55.5. The van der Waals surface area contributed by atoms with Gasteiger partial charge in [-0.05, 0) is 71.1 Å².